The molecular weight excluding hydrogens is 298 g/mol. The zero-order valence-corrected chi connectivity index (χ0v) is 12.7. The first-order valence-electron chi connectivity index (χ1n) is 6.02. The summed E-state index contributed by atoms with van der Waals surface area (Å²) in [5, 5.41) is 4.22. The number of hydrogen-bond donors (Lipinski definition) is 1. The molecule has 0 radical (unpaired) electrons. The van der Waals surface area contributed by atoms with Crippen LogP contribution in [0.25, 0.3) is 6.08 Å². The van der Waals surface area contributed by atoms with Gasteiger partial charge in [0, 0.05) is 16.0 Å². The Morgan fingerprint density at radius 3 is 2.82 bits per heavy atom. The first-order valence-corrected chi connectivity index (χ1v) is 7.19. The average molecular weight is 317 g/mol. The van der Waals surface area contributed by atoms with Crippen molar-refractivity contribution < 1.29 is 0 Å². The van der Waals surface area contributed by atoms with Gasteiger partial charge in [0.1, 0.15) is 0 Å². The van der Waals surface area contributed by atoms with E-state index >= 15 is 0 Å². The lowest BCUT2D eigenvalue weighted by Crippen LogP contribution is -2.17. The summed E-state index contributed by atoms with van der Waals surface area (Å²) in [6, 6.07) is 5.93. The molecule has 1 aromatic carbocycles. The number of rotatable bonds is 6. The maximum absolute atomic E-state index is 6.17. The molecule has 1 nitrogen and oxygen atoms in total. The number of halogens is 2. The first kappa shape index (κ1) is 14.7. The molecule has 0 atom stereocenters. The van der Waals surface area contributed by atoms with Gasteiger partial charge in [0.2, 0.25) is 0 Å². The smallest absolute Gasteiger partial charge is 0.0479 e. The third kappa shape index (κ3) is 5.24. The van der Waals surface area contributed by atoms with Crippen molar-refractivity contribution in [2.45, 2.75) is 26.7 Å². The second-order valence-electron chi connectivity index (χ2n) is 4.00. The summed E-state index contributed by atoms with van der Waals surface area (Å²) >= 11 is 9.64. The lowest BCUT2D eigenvalue weighted by atomic mass is 10.1. The van der Waals surface area contributed by atoms with E-state index in [2.05, 4.69) is 47.2 Å². The second kappa shape index (κ2) is 7.91. The Hall–Kier alpha value is -0.310. The maximum Gasteiger partial charge on any atom is 0.0479 e. The molecule has 1 rings (SSSR count). The van der Waals surface area contributed by atoms with Crippen LogP contribution in [0.3, 0.4) is 0 Å². The van der Waals surface area contributed by atoms with Crippen LogP contribution >= 0.6 is 27.5 Å². The molecule has 0 aliphatic heterocycles. The van der Waals surface area contributed by atoms with Crippen LogP contribution in [0, 0.1) is 0 Å². The fraction of sp³-hybridized carbons (Fsp3) is 0.429. The Bertz CT molecular complexity index is 388. The van der Waals surface area contributed by atoms with Crippen molar-refractivity contribution in [2.24, 2.45) is 0 Å². The number of hydrogen-bond acceptors (Lipinski definition) is 1. The number of nitrogens with one attached hydrogen (secondary N) is 1. The van der Waals surface area contributed by atoms with Crippen molar-refractivity contribution in [3.63, 3.8) is 0 Å². The molecule has 0 fully saturated rings. The molecule has 0 amide bonds. The van der Waals surface area contributed by atoms with Crippen molar-refractivity contribution in [2.75, 3.05) is 13.1 Å². The topological polar surface area (TPSA) is 12.0 Å². The molecule has 0 saturated heterocycles. The van der Waals surface area contributed by atoms with Gasteiger partial charge in [-0.15, -0.1) is 0 Å². The van der Waals surface area contributed by atoms with E-state index in [9.17, 15) is 0 Å². The molecule has 0 aliphatic rings. The average Bonchev–Trinajstić information content (AvgIpc) is 2.32. The number of benzene rings is 1. The minimum atomic E-state index is 0.801. The fourth-order valence-corrected chi connectivity index (χ4v) is 2.10. The van der Waals surface area contributed by atoms with Gasteiger partial charge >= 0.3 is 0 Å². The van der Waals surface area contributed by atoms with Gasteiger partial charge in [-0.3, -0.25) is 0 Å². The van der Waals surface area contributed by atoms with Crippen LogP contribution in [-0.2, 0) is 0 Å². The zero-order valence-electron chi connectivity index (χ0n) is 10.4. The summed E-state index contributed by atoms with van der Waals surface area (Å²) in [6.45, 7) is 6.34. The van der Waals surface area contributed by atoms with Crippen LogP contribution in [0.5, 0.6) is 0 Å². The summed E-state index contributed by atoms with van der Waals surface area (Å²) in [5.74, 6) is 0. The maximum atomic E-state index is 6.17. The molecule has 17 heavy (non-hydrogen) atoms. The van der Waals surface area contributed by atoms with Gasteiger partial charge in [-0.2, -0.15) is 0 Å². The molecule has 0 unspecified atom stereocenters. The quantitative estimate of drug-likeness (QED) is 0.736. The van der Waals surface area contributed by atoms with Crippen molar-refractivity contribution in [3.05, 3.63) is 38.8 Å². The van der Waals surface area contributed by atoms with E-state index in [0.717, 1.165) is 41.0 Å². The molecule has 0 heterocycles. The van der Waals surface area contributed by atoms with Gasteiger partial charge in [0.05, 0.1) is 0 Å². The van der Waals surface area contributed by atoms with Crippen LogP contribution in [0.2, 0.25) is 5.02 Å². The first-order chi connectivity index (χ1) is 8.17. The molecule has 0 aromatic heterocycles. The summed E-state index contributed by atoms with van der Waals surface area (Å²) in [7, 11) is 0. The zero-order chi connectivity index (χ0) is 12.7. The van der Waals surface area contributed by atoms with E-state index in [1.54, 1.807) is 0 Å². The van der Waals surface area contributed by atoms with E-state index in [1.807, 2.05) is 12.1 Å². The Morgan fingerprint density at radius 2 is 2.18 bits per heavy atom. The van der Waals surface area contributed by atoms with Crippen molar-refractivity contribution in [1.82, 2.24) is 5.32 Å². The normalized spacial score (nSPS) is 11.9. The third-order valence-electron chi connectivity index (χ3n) is 2.55. The minimum absolute atomic E-state index is 0.801. The predicted molar refractivity (Wildman–Crippen MR) is 80.6 cm³/mol. The van der Waals surface area contributed by atoms with Crippen LogP contribution in [-0.4, -0.2) is 13.1 Å². The lowest BCUT2D eigenvalue weighted by Gasteiger charge is -2.07. The molecule has 0 aliphatic carbocycles. The summed E-state index contributed by atoms with van der Waals surface area (Å²) in [4.78, 5) is 0. The highest BCUT2D eigenvalue weighted by molar-refractivity contribution is 9.10. The molecule has 0 spiro atoms. The highest BCUT2D eigenvalue weighted by Gasteiger charge is 2.00. The van der Waals surface area contributed by atoms with Crippen LogP contribution in [0.1, 0.15) is 32.3 Å². The molecule has 1 aromatic rings. The molecule has 0 bridgehead atoms. The van der Waals surface area contributed by atoms with E-state index in [1.165, 1.54) is 5.57 Å². The van der Waals surface area contributed by atoms with Crippen LogP contribution < -0.4 is 5.32 Å². The van der Waals surface area contributed by atoms with Gasteiger partial charge in [-0.05, 0) is 43.1 Å². The van der Waals surface area contributed by atoms with Crippen LogP contribution in [0.4, 0.5) is 0 Å². The molecular formula is C14H19BrClN. The van der Waals surface area contributed by atoms with E-state index in [4.69, 9.17) is 11.6 Å². The standard InChI is InChI=1S/C14H19BrClN/c1-3-7-17-10-11(4-2)8-12-9-13(15)5-6-14(12)16/h5-6,8-9,17H,3-4,7,10H2,1-2H3/b11-8+. The summed E-state index contributed by atoms with van der Waals surface area (Å²) in [5.41, 5.74) is 2.45. The largest absolute Gasteiger partial charge is 0.313 e. The van der Waals surface area contributed by atoms with Crippen LogP contribution in [0.15, 0.2) is 28.2 Å². The van der Waals surface area contributed by atoms with Gasteiger partial charge in [-0.25, -0.2) is 0 Å². The fourth-order valence-electron chi connectivity index (χ4n) is 1.55. The Morgan fingerprint density at radius 1 is 1.41 bits per heavy atom. The second-order valence-corrected chi connectivity index (χ2v) is 5.32. The predicted octanol–water partition coefficient (Wildman–Crippen LogP) is 4.90. The summed E-state index contributed by atoms with van der Waals surface area (Å²) < 4.78 is 1.06. The molecule has 0 saturated carbocycles. The SMILES string of the molecule is CCCNC/C(=C/c1cc(Br)ccc1Cl)CC. The van der Waals surface area contributed by atoms with Crippen molar-refractivity contribution in [3.8, 4) is 0 Å². The monoisotopic (exact) mass is 315 g/mol. The molecule has 3 heteroatoms. The Labute approximate surface area is 117 Å². The van der Waals surface area contributed by atoms with Crippen molar-refractivity contribution >= 4 is 33.6 Å². The third-order valence-corrected chi connectivity index (χ3v) is 3.39. The van der Waals surface area contributed by atoms with Gasteiger partial charge in [-0.1, -0.05) is 53.0 Å². The molecule has 1 N–H and O–H groups in total. The Balaban J connectivity index is 2.78. The van der Waals surface area contributed by atoms with E-state index in [-0.39, 0.29) is 0 Å². The Kier molecular flexibility index (Phi) is 6.86. The van der Waals surface area contributed by atoms with E-state index < -0.39 is 0 Å². The molecule has 94 valence electrons. The minimum Gasteiger partial charge on any atom is -0.313 e. The highest BCUT2D eigenvalue weighted by Crippen LogP contribution is 2.23. The van der Waals surface area contributed by atoms with Gasteiger partial charge in [0.15, 0.2) is 0 Å². The van der Waals surface area contributed by atoms with Crippen molar-refractivity contribution in [1.29, 1.82) is 0 Å². The van der Waals surface area contributed by atoms with Gasteiger partial charge in [0.25, 0.3) is 0 Å². The lowest BCUT2D eigenvalue weighted by molar-refractivity contribution is 0.706. The summed E-state index contributed by atoms with van der Waals surface area (Å²) in [6.07, 6.45) is 4.38. The highest BCUT2D eigenvalue weighted by atomic mass is 79.9. The van der Waals surface area contributed by atoms with Gasteiger partial charge < -0.3 is 5.32 Å². The van der Waals surface area contributed by atoms with E-state index in [0.29, 0.717) is 0 Å².